The molecule has 0 aliphatic carbocycles. The van der Waals surface area contributed by atoms with Crippen molar-refractivity contribution in [2.45, 2.75) is 17.5 Å². The zero-order valence-electron chi connectivity index (χ0n) is 13.9. The highest BCUT2D eigenvalue weighted by molar-refractivity contribution is 8.13. The van der Waals surface area contributed by atoms with E-state index in [4.69, 9.17) is 10.2 Å². The van der Waals surface area contributed by atoms with Gasteiger partial charge in [-0.1, -0.05) is 53.9 Å². The van der Waals surface area contributed by atoms with E-state index < -0.39 is 0 Å². The Bertz CT molecular complexity index is 780. The number of aromatic nitrogens is 2. The number of rotatable bonds is 6. The molecular weight excluding hydrogens is 370 g/mol. The summed E-state index contributed by atoms with van der Waals surface area (Å²) in [4.78, 5) is 9.26. The number of hydrogen-bond donors (Lipinski definition) is 1. The van der Waals surface area contributed by atoms with E-state index in [1.807, 2.05) is 42.0 Å². The Labute approximate surface area is 160 Å². The van der Waals surface area contributed by atoms with Crippen LogP contribution in [0.1, 0.15) is 5.69 Å². The summed E-state index contributed by atoms with van der Waals surface area (Å²) in [6.45, 7) is 1.74. The summed E-state index contributed by atoms with van der Waals surface area (Å²) >= 11 is 5.15. The first-order chi connectivity index (χ1) is 12.3. The number of benzene rings is 1. The van der Waals surface area contributed by atoms with Gasteiger partial charge in [0, 0.05) is 29.4 Å². The second-order valence-electron chi connectivity index (χ2n) is 5.24. The van der Waals surface area contributed by atoms with E-state index in [9.17, 15) is 0 Å². The van der Waals surface area contributed by atoms with Crippen LogP contribution in [0.25, 0.3) is 11.3 Å². The number of aliphatic imine (C=N–C) groups is 1. The van der Waals surface area contributed by atoms with Crippen molar-refractivity contribution in [3.63, 3.8) is 0 Å². The second-order valence-corrected chi connectivity index (χ2v) is 8.20. The first kappa shape index (κ1) is 18.2. The second kappa shape index (κ2) is 9.22. The Morgan fingerprint density at radius 3 is 3.04 bits per heavy atom. The fourth-order valence-corrected chi connectivity index (χ4v) is 4.78. The molecule has 0 radical (unpaired) electrons. The lowest BCUT2D eigenvalue weighted by Crippen LogP contribution is -2.14. The highest BCUT2D eigenvalue weighted by Crippen LogP contribution is 2.34. The molecule has 2 heterocycles. The first-order valence-electron chi connectivity index (χ1n) is 7.92. The summed E-state index contributed by atoms with van der Waals surface area (Å²) in [5.41, 5.74) is 3.59. The van der Waals surface area contributed by atoms with Crippen molar-refractivity contribution < 1.29 is 0 Å². The number of nitriles is 1. The smallest absolute Gasteiger partial charge is 0.183 e. The van der Waals surface area contributed by atoms with E-state index in [2.05, 4.69) is 39.1 Å². The molecule has 1 N–H and O–H groups in total. The third-order valence-corrected chi connectivity index (χ3v) is 6.24. The van der Waals surface area contributed by atoms with Crippen LogP contribution in [0.5, 0.6) is 0 Å². The lowest BCUT2D eigenvalue weighted by Gasteiger charge is -2.07. The van der Waals surface area contributed by atoms with Crippen molar-refractivity contribution >= 4 is 40.5 Å². The zero-order chi connectivity index (χ0) is 17.5. The highest BCUT2D eigenvalue weighted by Gasteiger charge is 2.22. The molecule has 0 spiro atoms. The van der Waals surface area contributed by atoms with Gasteiger partial charge in [-0.15, -0.1) is 0 Å². The molecule has 0 unspecified atom stereocenters. The molecule has 0 fully saturated rings. The maximum atomic E-state index is 8.65. The lowest BCUT2D eigenvalue weighted by molar-refractivity contribution is 0.695. The van der Waals surface area contributed by atoms with E-state index in [-0.39, 0.29) is 0 Å². The molecule has 1 aromatic heterocycles. The maximum Gasteiger partial charge on any atom is 0.183 e. The Kier molecular flexibility index (Phi) is 6.73. The van der Waals surface area contributed by atoms with E-state index in [0.717, 1.165) is 34.7 Å². The van der Waals surface area contributed by atoms with Crippen LogP contribution in [0.15, 0.2) is 40.5 Å². The van der Waals surface area contributed by atoms with Gasteiger partial charge in [0.05, 0.1) is 17.9 Å². The largest absolute Gasteiger partial charge is 0.321 e. The van der Waals surface area contributed by atoms with Gasteiger partial charge in [-0.2, -0.15) is 17.0 Å². The molecule has 1 aromatic carbocycles. The summed E-state index contributed by atoms with van der Waals surface area (Å²) in [7, 11) is 0. The number of amidine groups is 1. The molecule has 0 atom stereocenters. The number of imidazole rings is 1. The summed E-state index contributed by atoms with van der Waals surface area (Å²) in [5, 5.41) is 13.1. The minimum absolute atomic E-state index is 0.676. The monoisotopic (exact) mass is 389 g/mol. The molecule has 3 rings (SSSR count). The fourth-order valence-electron chi connectivity index (χ4n) is 2.59. The third kappa shape index (κ3) is 4.54. The topological polar surface area (TPSA) is 66.0 Å². The van der Waals surface area contributed by atoms with Gasteiger partial charge in [-0.05, 0) is 6.26 Å². The quantitative estimate of drug-likeness (QED) is 0.267. The van der Waals surface area contributed by atoms with Gasteiger partial charge in [0.1, 0.15) is 0 Å². The van der Waals surface area contributed by atoms with Crippen molar-refractivity contribution in [2.24, 2.45) is 4.99 Å². The molecule has 1 aliphatic heterocycles. The summed E-state index contributed by atoms with van der Waals surface area (Å²) in [6.07, 6.45) is 3.83. The predicted molar refractivity (Wildman–Crippen MR) is 109 cm³/mol. The van der Waals surface area contributed by atoms with Crippen molar-refractivity contribution in [1.82, 2.24) is 14.9 Å². The first-order valence-corrected chi connectivity index (χ1v) is 11.3. The molecule has 5 nitrogen and oxygen atoms in total. The van der Waals surface area contributed by atoms with Gasteiger partial charge in [0.2, 0.25) is 0 Å². The highest BCUT2D eigenvalue weighted by atomic mass is 32.2. The minimum atomic E-state index is 0.676. The van der Waals surface area contributed by atoms with Gasteiger partial charge >= 0.3 is 0 Å². The van der Waals surface area contributed by atoms with Gasteiger partial charge in [-0.25, -0.2) is 4.98 Å². The molecule has 2 aromatic rings. The molecule has 0 saturated carbocycles. The molecular formula is C17H19N5S3. The van der Waals surface area contributed by atoms with Crippen molar-refractivity contribution in [2.75, 3.05) is 24.3 Å². The van der Waals surface area contributed by atoms with Gasteiger partial charge in [0.25, 0.3) is 0 Å². The number of hydrogen-bond acceptors (Lipinski definition) is 6. The van der Waals surface area contributed by atoms with Gasteiger partial charge in [-0.3, -0.25) is 10.3 Å². The van der Waals surface area contributed by atoms with Crippen molar-refractivity contribution in [3.05, 3.63) is 36.0 Å². The van der Waals surface area contributed by atoms with Crippen molar-refractivity contribution in [1.29, 1.82) is 5.26 Å². The average Bonchev–Trinajstić information content (AvgIpc) is 3.23. The Hall–Kier alpha value is -1.56. The van der Waals surface area contributed by atoms with Crippen LogP contribution in [-0.4, -0.2) is 39.0 Å². The minimum Gasteiger partial charge on any atom is -0.321 e. The predicted octanol–water partition coefficient (Wildman–Crippen LogP) is 3.68. The van der Waals surface area contributed by atoms with Crippen LogP contribution in [0.3, 0.4) is 0 Å². The average molecular weight is 390 g/mol. The normalized spacial score (nSPS) is 13.5. The van der Waals surface area contributed by atoms with Crippen LogP contribution < -0.4 is 5.32 Å². The maximum absolute atomic E-state index is 8.65. The molecule has 8 heteroatoms. The standard InChI is InChI=1S/C17H19N5S3/c1-23-16(20-12-18)19-7-9-24-11-14-15(13-5-3-2-4-6-13)21-17-22(14)8-10-25-17/h2-6H,7-11H2,1H3,(H,19,20). The van der Waals surface area contributed by atoms with E-state index >= 15 is 0 Å². The number of nitrogens with one attached hydrogen (secondary N) is 1. The summed E-state index contributed by atoms with van der Waals surface area (Å²) in [6, 6.07) is 10.4. The number of thioether (sulfide) groups is 3. The molecule has 0 bridgehead atoms. The van der Waals surface area contributed by atoms with Crippen LogP contribution in [-0.2, 0) is 12.3 Å². The fraction of sp³-hybridized carbons (Fsp3) is 0.353. The van der Waals surface area contributed by atoms with E-state index in [0.29, 0.717) is 11.7 Å². The SMILES string of the molecule is CSC(=NCCSCc1c(-c2ccccc2)nc2n1CCS2)NC#N. The summed E-state index contributed by atoms with van der Waals surface area (Å²) in [5.74, 6) is 2.95. The molecule has 1 aliphatic rings. The number of nitrogens with zero attached hydrogens (tertiary/aromatic N) is 4. The zero-order valence-corrected chi connectivity index (χ0v) is 16.4. The summed E-state index contributed by atoms with van der Waals surface area (Å²) < 4.78 is 2.35. The molecule has 0 saturated heterocycles. The molecule has 25 heavy (non-hydrogen) atoms. The molecule has 0 amide bonds. The Morgan fingerprint density at radius 1 is 1.44 bits per heavy atom. The van der Waals surface area contributed by atoms with Crippen LogP contribution in [0.4, 0.5) is 0 Å². The van der Waals surface area contributed by atoms with Crippen LogP contribution in [0, 0.1) is 11.5 Å². The van der Waals surface area contributed by atoms with Crippen LogP contribution in [0.2, 0.25) is 0 Å². The lowest BCUT2D eigenvalue weighted by atomic mass is 10.1. The number of fused-ring (bicyclic) bond motifs is 1. The Morgan fingerprint density at radius 2 is 2.28 bits per heavy atom. The van der Waals surface area contributed by atoms with Crippen LogP contribution >= 0.6 is 35.3 Å². The molecule has 130 valence electrons. The van der Waals surface area contributed by atoms with E-state index in [1.165, 1.54) is 23.0 Å². The van der Waals surface area contributed by atoms with Gasteiger partial charge < -0.3 is 4.57 Å². The Balaban J connectivity index is 1.66. The van der Waals surface area contributed by atoms with Crippen molar-refractivity contribution in [3.8, 4) is 17.5 Å². The third-order valence-electron chi connectivity index (χ3n) is 3.72. The van der Waals surface area contributed by atoms with E-state index in [1.54, 1.807) is 0 Å². The van der Waals surface area contributed by atoms with Gasteiger partial charge in [0.15, 0.2) is 16.5 Å².